The molecule has 3 heterocycles. The highest BCUT2D eigenvalue weighted by molar-refractivity contribution is 5.87. The quantitative estimate of drug-likeness (QED) is 0.386. The topological polar surface area (TPSA) is 75.0 Å². The molecule has 0 bridgehead atoms. The van der Waals surface area contributed by atoms with E-state index >= 15 is 4.39 Å². The van der Waals surface area contributed by atoms with Gasteiger partial charge in [0.25, 0.3) is 0 Å². The number of aromatic nitrogens is 1. The fraction of sp³-hybridized carbons (Fsp3) is 0.429. The fourth-order valence-electron chi connectivity index (χ4n) is 5.75. The van der Waals surface area contributed by atoms with Crippen LogP contribution in [0.2, 0.25) is 0 Å². The molecule has 0 spiro atoms. The van der Waals surface area contributed by atoms with Gasteiger partial charge in [-0.3, -0.25) is 14.5 Å². The maximum atomic E-state index is 15.1. The highest BCUT2D eigenvalue weighted by Crippen LogP contribution is 2.34. The monoisotopic (exact) mass is 583 g/mol. The Morgan fingerprint density at radius 3 is 2.48 bits per heavy atom. The van der Waals surface area contributed by atoms with Crippen LogP contribution in [0.25, 0.3) is 10.9 Å². The molecular formula is C28H30ClF4N3O4. The molecule has 0 radical (unpaired) electrons. The normalized spacial score (nSPS) is 16.4. The van der Waals surface area contributed by atoms with Crippen molar-refractivity contribution in [1.82, 2.24) is 14.4 Å². The molecule has 2 aliphatic rings. The number of carbonyl (C=O) groups excluding carboxylic acids is 1. The van der Waals surface area contributed by atoms with Crippen LogP contribution in [0.15, 0.2) is 42.5 Å². The Kier molecular flexibility index (Phi) is 8.94. The molecule has 0 unspecified atom stereocenters. The molecule has 1 N–H and O–H groups in total. The number of benzene rings is 2. The van der Waals surface area contributed by atoms with Crippen molar-refractivity contribution in [3.05, 3.63) is 65.1 Å². The summed E-state index contributed by atoms with van der Waals surface area (Å²) in [6.45, 7) is 2.39. The van der Waals surface area contributed by atoms with Crippen molar-refractivity contribution in [3.8, 4) is 5.75 Å². The van der Waals surface area contributed by atoms with Gasteiger partial charge in [0.2, 0.25) is 5.91 Å². The minimum atomic E-state index is -4.82. The molecule has 5 rings (SSSR count). The molecule has 3 aromatic rings. The van der Waals surface area contributed by atoms with Gasteiger partial charge >= 0.3 is 12.3 Å². The van der Waals surface area contributed by atoms with E-state index in [1.54, 1.807) is 21.6 Å². The number of amides is 1. The summed E-state index contributed by atoms with van der Waals surface area (Å²) in [5.41, 5.74) is 2.56. The largest absolute Gasteiger partial charge is 0.573 e. The van der Waals surface area contributed by atoms with Crippen LogP contribution in [0.1, 0.15) is 36.1 Å². The van der Waals surface area contributed by atoms with Crippen molar-refractivity contribution >= 4 is 35.2 Å². The van der Waals surface area contributed by atoms with E-state index in [2.05, 4.69) is 4.74 Å². The third kappa shape index (κ3) is 6.69. The van der Waals surface area contributed by atoms with Crippen molar-refractivity contribution in [3.63, 3.8) is 0 Å². The van der Waals surface area contributed by atoms with Crippen LogP contribution < -0.4 is 4.74 Å². The molecule has 216 valence electrons. The molecule has 12 heteroatoms. The maximum Gasteiger partial charge on any atom is 0.573 e. The van der Waals surface area contributed by atoms with E-state index in [9.17, 15) is 22.8 Å². The van der Waals surface area contributed by atoms with E-state index in [1.165, 1.54) is 24.3 Å². The number of carbonyl (C=O) groups is 2. The van der Waals surface area contributed by atoms with Gasteiger partial charge in [-0.1, -0.05) is 24.3 Å². The maximum absolute atomic E-state index is 15.1. The predicted molar refractivity (Wildman–Crippen MR) is 142 cm³/mol. The average Bonchev–Trinajstić information content (AvgIpc) is 3.18. The van der Waals surface area contributed by atoms with Crippen LogP contribution in [-0.4, -0.2) is 63.9 Å². The Morgan fingerprint density at radius 2 is 1.77 bits per heavy atom. The van der Waals surface area contributed by atoms with E-state index in [0.717, 1.165) is 29.5 Å². The summed E-state index contributed by atoms with van der Waals surface area (Å²) < 4.78 is 59.2. The Labute approximate surface area is 234 Å². The van der Waals surface area contributed by atoms with E-state index in [4.69, 9.17) is 5.11 Å². The molecular weight excluding hydrogens is 554 g/mol. The number of nitrogens with zero attached hydrogens (tertiary/aromatic N) is 3. The number of aliphatic carboxylic acids is 1. The van der Waals surface area contributed by atoms with Gasteiger partial charge in [0.15, 0.2) is 0 Å². The number of para-hydroxylation sites is 1. The zero-order chi connectivity index (χ0) is 27.7. The minimum Gasteiger partial charge on any atom is -0.481 e. The van der Waals surface area contributed by atoms with Crippen LogP contribution in [0.5, 0.6) is 5.75 Å². The second kappa shape index (κ2) is 12.1. The highest BCUT2D eigenvalue weighted by atomic mass is 35.5. The molecule has 0 saturated carbocycles. The summed E-state index contributed by atoms with van der Waals surface area (Å²) in [5, 5.41) is 9.76. The van der Waals surface area contributed by atoms with Gasteiger partial charge in [-0.05, 0) is 67.6 Å². The summed E-state index contributed by atoms with van der Waals surface area (Å²) in [6, 6.07) is 10.4. The molecule has 7 nitrogen and oxygen atoms in total. The third-order valence-corrected chi connectivity index (χ3v) is 7.58. The highest BCUT2D eigenvalue weighted by Gasteiger charge is 2.32. The number of hydrogen-bond acceptors (Lipinski definition) is 4. The van der Waals surface area contributed by atoms with Gasteiger partial charge in [0.05, 0.1) is 18.6 Å². The molecule has 1 aromatic heterocycles. The molecule has 0 aliphatic carbocycles. The summed E-state index contributed by atoms with van der Waals surface area (Å²) in [6.07, 6.45) is -2.69. The first-order valence-electron chi connectivity index (χ1n) is 12.9. The van der Waals surface area contributed by atoms with Gasteiger partial charge in [-0.2, -0.15) is 0 Å². The molecule has 1 fully saturated rings. The molecule has 1 amide bonds. The fourth-order valence-corrected chi connectivity index (χ4v) is 5.75. The summed E-state index contributed by atoms with van der Waals surface area (Å²) in [4.78, 5) is 28.0. The first-order valence-corrected chi connectivity index (χ1v) is 12.9. The van der Waals surface area contributed by atoms with E-state index in [-0.39, 0.29) is 56.0 Å². The summed E-state index contributed by atoms with van der Waals surface area (Å²) >= 11 is 0. The smallest absolute Gasteiger partial charge is 0.481 e. The van der Waals surface area contributed by atoms with Crippen molar-refractivity contribution in [2.75, 3.05) is 26.2 Å². The van der Waals surface area contributed by atoms with Gasteiger partial charge in [-0.15, -0.1) is 25.6 Å². The molecule has 2 aliphatic heterocycles. The zero-order valence-electron chi connectivity index (χ0n) is 21.6. The lowest BCUT2D eigenvalue weighted by Gasteiger charge is -2.34. The standard InChI is InChI=1S/C28H29F4N3O4.ClH/c29-23-6-2-5-22-21-9-12-34(25(36)17-33-10-7-18(8-11-33)14-26(37)38)16-24(21)35(27(22)23)15-19-3-1-4-20(13-19)39-28(30,31)32;/h1-6,13,18H,7-12,14-17H2,(H,37,38);1H. The van der Waals surface area contributed by atoms with Crippen molar-refractivity contribution in [2.45, 2.75) is 45.1 Å². The van der Waals surface area contributed by atoms with Crippen LogP contribution in [0.3, 0.4) is 0 Å². The Morgan fingerprint density at radius 1 is 1.05 bits per heavy atom. The first-order chi connectivity index (χ1) is 18.6. The number of alkyl halides is 3. The Hall–Kier alpha value is -3.31. The minimum absolute atomic E-state index is 0. The van der Waals surface area contributed by atoms with E-state index in [0.29, 0.717) is 37.1 Å². The van der Waals surface area contributed by atoms with Crippen LogP contribution in [-0.2, 0) is 29.1 Å². The lowest BCUT2D eigenvalue weighted by molar-refractivity contribution is -0.274. The number of carboxylic acid groups (broad SMARTS) is 1. The second-order valence-corrected chi connectivity index (χ2v) is 10.2. The number of hydrogen-bond donors (Lipinski definition) is 1. The Bertz CT molecular complexity index is 1390. The van der Waals surface area contributed by atoms with Gasteiger partial charge in [0.1, 0.15) is 11.6 Å². The number of ether oxygens (including phenoxy) is 1. The summed E-state index contributed by atoms with van der Waals surface area (Å²) in [7, 11) is 0. The lowest BCUT2D eigenvalue weighted by atomic mass is 9.93. The van der Waals surface area contributed by atoms with Gasteiger partial charge < -0.3 is 19.3 Å². The average molecular weight is 584 g/mol. The number of likely N-dealkylation sites (tertiary alicyclic amines) is 1. The number of rotatable bonds is 7. The number of halogens is 5. The zero-order valence-corrected chi connectivity index (χ0v) is 22.4. The van der Waals surface area contributed by atoms with E-state index < -0.39 is 18.1 Å². The second-order valence-electron chi connectivity index (χ2n) is 10.2. The number of fused-ring (bicyclic) bond motifs is 3. The SMILES string of the molecule is Cl.O=C(O)CC1CCN(CC(=O)N2CCc3c(n(Cc4cccc(OC(F)(F)F)c4)c4c(F)cccc34)C2)CC1. The molecule has 40 heavy (non-hydrogen) atoms. The van der Waals surface area contributed by atoms with Crippen molar-refractivity contribution < 1.29 is 37.0 Å². The number of piperidine rings is 1. The van der Waals surface area contributed by atoms with Crippen molar-refractivity contribution in [1.29, 1.82) is 0 Å². The van der Waals surface area contributed by atoms with Crippen LogP contribution in [0.4, 0.5) is 17.6 Å². The van der Waals surface area contributed by atoms with Crippen molar-refractivity contribution in [2.24, 2.45) is 5.92 Å². The number of carboxylic acids is 1. The molecule has 0 atom stereocenters. The first kappa shape index (κ1) is 29.7. The molecule has 1 saturated heterocycles. The molecule has 2 aromatic carbocycles. The van der Waals surface area contributed by atoms with Gasteiger partial charge in [0, 0.05) is 30.6 Å². The van der Waals surface area contributed by atoms with Gasteiger partial charge in [-0.25, -0.2) is 4.39 Å². The van der Waals surface area contributed by atoms with Crippen LogP contribution >= 0.6 is 12.4 Å². The lowest BCUT2D eigenvalue weighted by Crippen LogP contribution is -2.45. The van der Waals surface area contributed by atoms with Crippen LogP contribution in [0, 0.1) is 11.7 Å². The third-order valence-electron chi connectivity index (χ3n) is 7.58. The predicted octanol–water partition coefficient (Wildman–Crippen LogP) is 5.22. The Balaban J connectivity index is 0.00000370. The summed E-state index contributed by atoms with van der Waals surface area (Å²) in [5.74, 6) is -1.53. The van der Waals surface area contributed by atoms with E-state index in [1.807, 2.05) is 11.0 Å².